The van der Waals surface area contributed by atoms with Gasteiger partial charge in [-0.1, -0.05) is 27.7 Å². The van der Waals surface area contributed by atoms with Crippen molar-refractivity contribution in [2.45, 2.75) is 48.5 Å². The van der Waals surface area contributed by atoms with Crippen LogP contribution < -0.4 is 0 Å². The van der Waals surface area contributed by atoms with Crippen molar-refractivity contribution in [2.75, 3.05) is 39.3 Å². The second-order valence-corrected chi connectivity index (χ2v) is 4.52. The van der Waals surface area contributed by atoms with Gasteiger partial charge in [-0.2, -0.15) is 0 Å². The van der Waals surface area contributed by atoms with Crippen molar-refractivity contribution in [1.82, 2.24) is 14.7 Å². The summed E-state index contributed by atoms with van der Waals surface area (Å²) in [6.45, 7) is 15.7. The molecule has 0 saturated carbocycles. The molecule has 0 aromatic heterocycles. The van der Waals surface area contributed by atoms with E-state index in [0.29, 0.717) is 39.3 Å². The molecule has 0 aliphatic carbocycles. The molecule has 0 bridgehead atoms. The van der Waals surface area contributed by atoms with E-state index in [1.807, 2.05) is 27.7 Å². The normalized spacial score (nSPS) is 15.1. The quantitative estimate of drug-likeness (QED) is 0.682. The fraction of sp³-hybridized carbons (Fsp3) is 0.812. The van der Waals surface area contributed by atoms with Gasteiger partial charge < -0.3 is 14.7 Å². The fourth-order valence-corrected chi connectivity index (χ4v) is 2.00. The summed E-state index contributed by atoms with van der Waals surface area (Å²) in [6.07, 6.45) is 0. The Bertz CT molecular complexity index is 281. The smallest absolute Gasteiger partial charge is 0.219 e. The van der Waals surface area contributed by atoms with Crippen LogP contribution in [0.1, 0.15) is 48.5 Å². The highest BCUT2D eigenvalue weighted by atomic mass is 16.2. The van der Waals surface area contributed by atoms with Crippen LogP contribution in [0.5, 0.6) is 0 Å². The molecule has 6 nitrogen and oxygen atoms in total. The Morgan fingerprint density at radius 1 is 0.500 bits per heavy atom. The van der Waals surface area contributed by atoms with E-state index >= 15 is 0 Å². The van der Waals surface area contributed by atoms with Crippen molar-refractivity contribution in [2.24, 2.45) is 0 Å². The van der Waals surface area contributed by atoms with Crippen LogP contribution in [0.15, 0.2) is 0 Å². The summed E-state index contributed by atoms with van der Waals surface area (Å²) in [6, 6.07) is 0. The third-order valence-corrected chi connectivity index (χ3v) is 3.26. The molecular formula is C16H33N3O3. The zero-order valence-electron chi connectivity index (χ0n) is 15.3. The molecule has 1 rings (SSSR count). The molecule has 6 heteroatoms. The maximum Gasteiger partial charge on any atom is 0.219 e. The fourth-order valence-electron chi connectivity index (χ4n) is 2.00. The molecule has 0 aromatic carbocycles. The molecule has 0 spiro atoms. The summed E-state index contributed by atoms with van der Waals surface area (Å²) in [4.78, 5) is 39.4. The molecule has 1 saturated heterocycles. The Balaban J connectivity index is 0. The molecule has 0 atom stereocenters. The summed E-state index contributed by atoms with van der Waals surface area (Å²) >= 11 is 0. The van der Waals surface area contributed by atoms with E-state index in [1.165, 1.54) is 20.8 Å². The number of hydrogen-bond donors (Lipinski definition) is 0. The molecule has 22 heavy (non-hydrogen) atoms. The first-order chi connectivity index (χ1) is 10.4. The minimum absolute atomic E-state index is 0.0242. The SMILES string of the molecule is CC.CC.CC(=O)N1CCN(C(C)=O)CCN(C(C)=O)CC1. The van der Waals surface area contributed by atoms with Gasteiger partial charge in [0.25, 0.3) is 0 Å². The number of carbonyl (C=O) groups excluding carboxylic acids is 3. The highest BCUT2D eigenvalue weighted by Gasteiger charge is 2.19. The van der Waals surface area contributed by atoms with E-state index in [0.717, 1.165) is 0 Å². The zero-order valence-corrected chi connectivity index (χ0v) is 15.3. The lowest BCUT2D eigenvalue weighted by Crippen LogP contribution is -2.40. The minimum Gasteiger partial charge on any atom is -0.339 e. The lowest BCUT2D eigenvalue weighted by Gasteiger charge is -2.24. The predicted molar refractivity (Wildman–Crippen MR) is 89.5 cm³/mol. The van der Waals surface area contributed by atoms with Crippen molar-refractivity contribution in [1.29, 1.82) is 0 Å². The molecular weight excluding hydrogens is 282 g/mol. The van der Waals surface area contributed by atoms with Crippen LogP contribution in [0.2, 0.25) is 0 Å². The summed E-state index contributed by atoms with van der Waals surface area (Å²) in [5, 5.41) is 0. The van der Waals surface area contributed by atoms with Gasteiger partial charge in [-0.25, -0.2) is 0 Å². The number of rotatable bonds is 0. The van der Waals surface area contributed by atoms with Gasteiger partial charge in [0, 0.05) is 60.0 Å². The maximum absolute atomic E-state index is 11.4. The van der Waals surface area contributed by atoms with Crippen molar-refractivity contribution >= 4 is 17.7 Å². The lowest BCUT2D eigenvalue weighted by atomic mass is 10.4. The van der Waals surface area contributed by atoms with Crippen molar-refractivity contribution < 1.29 is 14.4 Å². The highest BCUT2D eigenvalue weighted by Crippen LogP contribution is 2.01. The highest BCUT2D eigenvalue weighted by molar-refractivity contribution is 5.75. The second kappa shape index (κ2) is 13.1. The Kier molecular flexibility index (Phi) is 13.5. The first-order valence-corrected chi connectivity index (χ1v) is 8.18. The lowest BCUT2D eigenvalue weighted by molar-refractivity contribution is -0.132. The first kappa shape index (κ1) is 22.7. The number of hydrogen-bond acceptors (Lipinski definition) is 3. The van der Waals surface area contributed by atoms with Gasteiger partial charge in [0.1, 0.15) is 0 Å². The van der Waals surface area contributed by atoms with Crippen LogP contribution in [-0.2, 0) is 14.4 Å². The van der Waals surface area contributed by atoms with Crippen molar-refractivity contribution in [3.63, 3.8) is 0 Å². The molecule has 1 aliphatic heterocycles. The Morgan fingerprint density at radius 2 is 0.636 bits per heavy atom. The average molecular weight is 315 g/mol. The van der Waals surface area contributed by atoms with Crippen LogP contribution >= 0.6 is 0 Å². The molecule has 130 valence electrons. The van der Waals surface area contributed by atoms with Crippen LogP contribution in [-0.4, -0.2) is 71.7 Å². The Morgan fingerprint density at radius 3 is 0.727 bits per heavy atom. The molecule has 0 radical (unpaired) electrons. The molecule has 0 aromatic rings. The Hall–Kier alpha value is -1.59. The van der Waals surface area contributed by atoms with E-state index in [1.54, 1.807) is 14.7 Å². The van der Waals surface area contributed by atoms with Gasteiger partial charge in [-0.3, -0.25) is 14.4 Å². The van der Waals surface area contributed by atoms with E-state index in [-0.39, 0.29) is 17.7 Å². The van der Waals surface area contributed by atoms with Crippen LogP contribution in [0.25, 0.3) is 0 Å². The summed E-state index contributed by atoms with van der Waals surface area (Å²) in [5.41, 5.74) is 0. The average Bonchev–Trinajstić information content (AvgIpc) is 2.61. The molecule has 0 N–H and O–H groups in total. The third-order valence-electron chi connectivity index (χ3n) is 3.26. The zero-order chi connectivity index (χ0) is 17.7. The van der Waals surface area contributed by atoms with E-state index in [4.69, 9.17) is 0 Å². The van der Waals surface area contributed by atoms with Crippen LogP contribution in [0, 0.1) is 0 Å². The molecule has 0 unspecified atom stereocenters. The first-order valence-electron chi connectivity index (χ1n) is 8.18. The van der Waals surface area contributed by atoms with Gasteiger partial charge in [-0.05, 0) is 0 Å². The minimum atomic E-state index is -0.0242. The van der Waals surface area contributed by atoms with E-state index in [2.05, 4.69) is 0 Å². The molecule has 1 aliphatic rings. The topological polar surface area (TPSA) is 60.9 Å². The van der Waals surface area contributed by atoms with Gasteiger partial charge in [0.2, 0.25) is 17.7 Å². The molecule has 1 heterocycles. The monoisotopic (exact) mass is 315 g/mol. The summed E-state index contributed by atoms with van der Waals surface area (Å²) < 4.78 is 0. The maximum atomic E-state index is 11.4. The summed E-state index contributed by atoms with van der Waals surface area (Å²) in [5.74, 6) is -0.0725. The van der Waals surface area contributed by atoms with Gasteiger partial charge in [0.05, 0.1) is 0 Å². The van der Waals surface area contributed by atoms with Gasteiger partial charge in [0.15, 0.2) is 0 Å². The van der Waals surface area contributed by atoms with Crippen molar-refractivity contribution in [3.05, 3.63) is 0 Å². The van der Waals surface area contributed by atoms with Crippen LogP contribution in [0.3, 0.4) is 0 Å². The van der Waals surface area contributed by atoms with Crippen molar-refractivity contribution in [3.8, 4) is 0 Å². The largest absolute Gasteiger partial charge is 0.339 e. The Labute approximate surface area is 135 Å². The van der Waals surface area contributed by atoms with Gasteiger partial charge in [-0.15, -0.1) is 0 Å². The second-order valence-electron chi connectivity index (χ2n) is 4.52. The number of amides is 3. The number of nitrogens with zero attached hydrogens (tertiary/aromatic N) is 3. The van der Waals surface area contributed by atoms with Gasteiger partial charge >= 0.3 is 0 Å². The molecule has 3 amide bonds. The third kappa shape index (κ3) is 8.64. The van der Waals surface area contributed by atoms with E-state index < -0.39 is 0 Å². The standard InChI is InChI=1S/C12H21N3O3.2C2H6/c1-10(16)13-4-6-14(11(2)17)8-9-15(7-5-13)12(3)18;2*1-2/h4-9H2,1-3H3;2*1-2H3. The number of carbonyl (C=O) groups is 3. The molecule has 1 fully saturated rings. The van der Waals surface area contributed by atoms with E-state index in [9.17, 15) is 14.4 Å². The predicted octanol–water partition coefficient (Wildman–Crippen LogP) is 1.60. The summed E-state index contributed by atoms with van der Waals surface area (Å²) in [7, 11) is 0. The van der Waals surface area contributed by atoms with Crippen LogP contribution in [0.4, 0.5) is 0 Å².